The highest BCUT2D eigenvalue weighted by molar-refractivity contribution is 5.78. The molecule has 0 aliphatic carbocycles. The van der Waals surface area contributed by atoms with Crippen LogP contribution in [-0.2, 0) is 9.53 Å². The van der Waals surface area contributed by atoms with Gasteiger partial charge in [0.25, 0.3) is 0 Å². The van der Waals surface area contributed by atoms with Crippen molar-refractivity contribution >= 4 is 5.91 Å². The zero-order valence-corrected chi connectivity index (χ0v) is 8.82. The third kappa shape index (κ3) is 2.30. The van der Waals surface area contributed by atoms with Crippen LogP contribution in [0.25, 0.3) is 0 Å². The van der Waals surface area contributed by atoms with E-state index in [2.05, 4.69) is 5.32 Å². The zero-order valence-electron chi connectivity index (χ0n) is 8.82. The minimum atomic E-state index is -0.156. The van der Waals surface area contributed by atoms with Gasteiger partial charge in [-0.1, -0.05) is 0 Å². The Labute approximate surface area is 89.4 Å². The van der Waals surface area contributed by atoms with Crippen LogP contribution in [0.5, 0.6) is 0 Å². The monoisotopic (exact) mass is 214 g/mol. The first-order valence-electron chi connectivity index (χ1n) is 5.53. The number of aliphatic hydroxyl groups excluding tert-OH is 1. The molecular weight excluding hydrogens is 196 g/mol. The van der Waals surface area contributed by atoms with Gasteiger partial charge in [0.2, 0.25) is 5.91 Å². The number of hydrogen-bond donors (Lipinski definition) is 2. The number of aliphatic hydroxyl groups is 1. The third-order valence-electron chi connectivity index (χ3n) is 3.09. The first-order valence-corrected chi connectivity index (χ1v) is 5.53. The van der Waals surface area contributed by atoms with Crippen molar-refractivity contribution in [3.63, 3.8) is 0 Å². The van der Waals surface area contributed by atoms with Gasteiger partial charge in [0.15, 0.2) is 0 Å². The van der Waals surface area contributed by atoms with Gasteiger partial charge in [-0.25, -0.2) is 0 Å². The van der Waals surface area contributed by atoms with Crippen LogP contribution in [-0.4, -0.2) is 60.9 Å². The van der Waals surface area contributed by atoms with Gasteiger partial charge in [-0.15, -0.1) is 0 Å². The summed E-state index contributed by atoms with van der Waals surface area (Å²) in [6.07, 6.45) is 2.11. The van der Waals surface area contributed by atoms with Gasteiger partial charge in [0.05, 0.1) is 19.3 Å². The molecule has 5 nitrogen and oxygen atoms in total. The molecule has 2 rings (SSSR count). The maximum Gasteiger partial charge on any atom is 0.249 e. The molecule has 0 spiro atoms. The normalized spacial score (nSPS) is 33.1. The number of nitrogens with zero attached hydrogens (tertiary/aromatic N) is 1. The Bertz CT molecular complexity index is 229. The highest BCUT2D eigenvalue weighted by Crippen LogP contribution is 2.17. The summed E-state index contributed by atoms with van der Waals surface area (Å²) in [7, 11) is 0. The van der Waals surface area contributed by atoms with E-state index in [9.17, 15) is 9.90 Å². The number of rotatable bonds is 2. The van der Waals surface area contributed by atoms with Crippen LogP contribution in [0, 0.1) is 0 Å². The summed E-state index contributed by atoms with van der Waals surface area (Å²) in [5.74, 6) is 0.00833. The fourth-order valence-corrected chi connectivity index (χ4v) is 2.35. The van der Waals surface area contributed by atoms with Crippen LogP contribution in [0.2, 0.25) is 0 Å². The standard InChI is InChI=1S/C10H18N2O3/c13-5-9-6-15-7-10(14)12(9)8-2-1-3-11-4-8/h8-9,11,13H,1-7H2. The maximum absolute atomic E-state index is 11.7. The lowest BCUT2D eigenvalue weighted by Gasteiger charge is -2.41. The molecule has 2 unspecified atom stereocenters. The van der Waals surface area contributed by atoms with Crippen molar-refractivity contribution in [2.75, 3.05) is 32.9 Å². The fourth-order valence-electron chi connectivity index (χ4n) is 2.35. The molecule has 2 fully saturated rings. The molecule has 2 aliphatic heterocycles. The van der Waals surface area contributed by atoms with Gasteiger partial charge >= 0.3 is 0 Å². The van der Waals surface area contributed by atoms with Crippen molar-refractivity contribution < 1.29 is 14.6 Å². The largest absolute Gasteiger partial charge is 0.394 e. The number of nitrogens with one attached hydrogen (secondary N) is 1. The van der Waals surface area contributed by atoms with Crippen molar-refractivity contribution in [3.8, 4) is 0 Å². The summed E-state index contributed by atoms with van der Waals surface area (Å²) < 4.78 is 5.13. The van der Waals surface area contributed by atoms with Crippen LogP contribution >= 0.6 is 0 Å². The molecule has 15 heavy (non-hydrogen) atoms. The second-order valence-corrected chi connectivity index (χ2v) is 4.15. The second-order valence-electron chi connectivity index (χ2n) is 4.15. The lowest BCUT2D eigenvalue weighted by atomic mass is 10.0. The molecular formula is C10H18N2O3. The molecule has 2 N–H and O–H groups in total. The zero-order chi connectivity index (χ0) is 10.7. The Kier molecular flexibility index (Phi) is 3.56. The molecule has 0 radical (unpaired) electrons. The highest BCUT2D eigenvalue weighted by atomic mass is 16.5. The number of amides is 1. The summed E-state index contributed by atoms with van der Waals surface area (Å²) in [4.78, 5) is 13.5. The lowest BCUT2D eigenvalue weighted by Crippen LogP contribution is -2.59. The Morgan fingerprint density at radius 1 is 1.60 bits per heavy atom. The summed E-state index contributed by atoms with van der Waals surface area (Å²) in [6, 6.07) is 0.0726. The van der Waals surface area contributed by atoms with Gasteiger partial charge in [0.1, 0.15) is 6.61 Å². The van der Waals surface area contributed by atoms with Gasteiger partial charge < -0.3 is 20.1 Å². The smallest absolute Gasteiger partial charge is 0.249 e. The molecule has 0 aromatic heterocycles. The van der Waals surface area contributed by atoms with Gasteiger partial charge in [-0.2, -0.15) is 0 Å². The van der Waals surface area contributed by atoms with Crippen molar-refractivity contribution in [2.24, 2.45) is 0 Å². The Hall–Kier alpha value is -0.650. The van der Waals surface area contributed by atoms with Crippen LogP contribution < -0.4 is 5.32 Å². The molecule has 2 atom stereocenters. The predicted octanol–water partition coefficient (Wildman–Crippen LogP) is -1.04. The van der Waals surface area contributed by atoms with Crippen molar-refractivity contribution in [2.45, 2.75) is 24.9 Å². The van der Waals surface area contributed by atoms with Crippen molar-refractivity contribution in [1.82, 2.24) is 10.2 Å². The van der Waals surface area contributed by atoms with E-state index in [1.54, 1.807) is 0 Å². The Morgan fingerprint density at radius 3 is 3.13 bits per heavy atom. The molecule has 2 aliphatic rings. The SMILES string of the molecule is O=C1COCC(CO)N1C1CCCNC1. The van der Waals surface area contributed by atoms with E-state index >= 15 is 0 Å². The molecule has 86 valence electrons. The summed E-state index contributed by atoms with van der Waals surface area (Å²) in [5.41, 5.74) is 0. The minimum absolute atomic E-state index is 0.00833. The molecule has 2 saturated heterocycles. The summed E-state index contributed by atoms with van der Waals surface area (Å²) >= 11 is 0. The van der Waals surface area contributed by atoms with E-state index in [0.29, 0.717) is 6.61 Å². The first kappa shape index (κ1) is 10.9. The van der Waals surface area contributed by atoms with Gasteiger partial charge in [-0.3, -0.25) is 4.79 Å². The van der Waals surface area contributed by atoms with Crippen LogP contribution in [0.15, 0.2) is 0 Å². The fraction of sp³-hybridized carbons (Fsp3) is 0.900. The third-order valence-corrected chi connectivity index (χ3v) is 3.09. The van der Waals surface area contributed by atoms with E-state index in [0.717, 1.165) is 25.9 Å². The van der Waals surface area contributed by atoms with E-state index in [-0.39, 0.29) is 31.2 Å². The van der Waals surface area contributed by atoms with Gasteiger partial charge in [0, 0.05) is 12.6 Å². The predicted molar refractivity (Wildman–Crippen MR) is 54.4 cm³/mol. The average molecular weight is 214 g/mol. The van der Waals surface area contributed by atoms with Crippen molar-refractivity contribution in [3.05, 3.63) is 0 Å². The van der Waals surface area contributed by atoms with E-state index in [4.69, 9.17) is 4.74 Å². The van der Waals surface area contributed by atoms with E-state index < -0.39 is 0 Å². The Morgan fingerprint density at radius 2 is 2.47 bits per heavy atom. The molecule has 0 bridgehead atoms. The molecule has 0 saturated carbocycles. The second kappa shape index (κ2) is 4.92. The molecule has 5 heteroatoms. The number of ether oxygens (including phenoxy) is 1. The topological polar surface area (TPSA) is 61.8 Å². The maximum atomic E-state index is 11.7. The Balaban J connectivity index is 2.03. The molecule has 0 aromatic rings. The summed E-state index contributed by atoms with van der Waals surface area (Å²) in [6.45, 7) is 2.47. The number of piperidine rings is 1. The number of morpholine rings is 1. The lowest BCUT2D eigenvalue weighted by molar-refractivity contribution is -0.154. The van der Waals surface area contributed by atoms with Crippen LogP contribution in [0.1, 0.15) is 12.8 Å². The number of carbonyl (C=O) groups excluding carboxylic acids is 1. The molecule has 0 aromatic carbocycles. The highest BCUT2D eigenvalue weighted by Gasteiger charge is 2.34. The molecule has 1 amide bonds. The van der Waals surface area contributed by atoms with Gasteiger partial charge in [-0.05, 0) is 19.4 Å². The van der Waals surface area contributed by atoms with E-state index in [1.807, 2.05) is 4.90 Å². The number of hydrogen-bond acceptors (Lipinski definition) is 4. The average Bonchev–Trinajstić information content (AvgIpc) is 2.29. The summed E-state index contributed by atoms with van der Waals surface area (Å²) in [5, 5.41) is 12.5. The number of carbonyl (C=O) groups is 1. The molecule has 2 heterocycles. The van der Waals surface area contributed by atoms with Crippen LogP contribution in [0.4, 0.5) is 0 Å². The minimum Gasteiger partial charge on any atom is -0.394 e. The quantitative estimate of drug-likeness (QED) is 0.616. The van der Waals surface area contributed by atoms with Crippen molar-refractivity contribution in [1.29, 1.82) is 0 Å². The first-order chi connectivity index (χ1) is 7.33. The van der Waals surface area contributed by atoms with Crippen LogP contribution in [0.3, 0.4) is 0 Å². The van der Waals surface area contributed by atoms with E-state index in [1.165, 1.54) is 0 Å².